The average Bonchev–Trinajstić information content (AvgIpc) is 2.89. The van der Waals surface area contributed by atoms with E-state index in [-0.39, 0.29) is 17.2 Å². The summed E-state index contributed by atoms with van der Waals surface area (Å²) in [6.07, 6.45) is 0. The second kappa shape index (κ2) is 9.79. The zero-order chi connectivity index (χ0) is 25.3. The number of ether oxygens (including phenoxy) is 3. The van der Waals surface area contributed by atoms with E-state index in [1.54, 1.807) is 32.3 Å². The van der Waals surface area contributed by atoms with Crippen LogP contribution in [-0.4, -0.2) is 77.3 Å². The van der Waals surface area contributed by atoms with Gasteiger partial charge in [0, 0.05) is 52.4 Å². The van der Waals surface area contributed by atoms with E-state index in [1.165, 1.54) is 24.7 Å². The molecule has 0 bridgehead atoms. The third-order valence-corrected chi connectivity index (χ3v) is 6.36. The van der Waals surface area contributed by atoms with Gasteiger partial charge in [0.25, 0.3) is 11.5 Å². The summed E-state index contributed by atoms with van der Waals surface area (Å²) >= 11 is 0. The Kier molecular flexibility index (Phi) is 6.79. The fraction of sp³-hybridized carbons (Fsp3) is 0.417. The quantitative estimate of drug-likeness (QED) is 0.502. The van der Waals surface area contributed by atoms with Gasteiger partial charge in [-0.2, -0.15) is 0 Å². The molecule has 3 aromatic rings. The van der Waals surface area contributed by atoms with E-state index >= 15 is 0 Å². The summed E-state index contributed by atoms with van der Waals surface area (Å²) in [5, 5.41) is 0.292. The molecule has 11 nitrogen and oxygen atoms in total. The van der Waals surface area contributed by atoms with Crippen molar-refractivity contribution in [2.45, 2.75) is 6.54 Å². The van der Waals surface area contributed by atoms with Gasteiger partial charge in [0.2, 0.25) is 5.75 Å². The second-order valence-corrected chi connectivity index (χ2v) is 8.34. The van der Waals surface area contributed by atoms with Crippen molar-refractivity contribution in [3.05, 3.63) is 56.4 Å². The lowest BCUT2D eigenvalue weighted by Crippen LogP contribution is -2.48. The van der Waals surface area contributed by atoms with Crippen molar-refractivity contribution < 1.29 is 19.0 Å². The normalized spacial score (nSPS) is 14.3. The highest BCUT2D eigenvalue weighted by Crippen LogP contribution is 2.40. The van der Waals surface area contributed by atoms with E-state index in [0.29, 0.717) is 55.4 Å². The van der Waals surface area contributed by atoms with Crippen LogP contribution in [0.3, 0.4) is 0 Å². The summed E-state index contributed by atoms with van der Waals surface area (Å²) in [4.78, 5) is 46.1. The molecule has 11 heteroatoms. The zero-order valence-corrected chi connectivity index (χ0v) is 20.5. The van der Waals surface area contributed by atoms with E-state index in [0.717, 1.165) is 10.1 Å². The minimum absolute atomic E-state index is 0.197. The lowest BCUT2D eigenvalue weighted by molar-refractivity contribution is 0.0622. The van der Waals surface area contributed by atoms with Gasteiger partial charge in [-0.15, -0.1) is 0 Å². The number of fused-ring (bicyclic) bond motifs is 1. The predicted octanol–water partition coefficient (Wildman–Crippen LogP) is 0.616. The van der Waals surface area contributed by atoms with Crippen LogP contribution in [0.5, 0.6) is 17.2 Å². The molecule has 1 amide bonds. The molecule has 186 valence electrons. The number of nitrogens with zero attached hydrogens (tertiary/aromatic N) is 5. The SMILES string of the molecule is COc1ccc(CN2CCN(C(=O)c3ccc4c(=O)n(C)c(=O)n(C)c4n3)CC2)c(OC)c1OC. The van der Waals surface area contributed by atoms with Gasteiger partial charge in [-0.25, -0.2) is 9.78 Å². The number of piperazine rings is 1. The standard InChI is InChI=1S/C24H29N5O6/c1-26-21-16(22(30)27(2)24(26)32)7-8-17(25-21)23(31)29-12-10-28(11-13-29)14-15-6-9-18(33-3)20(35-5)19(15)34-4/h6-9H,10-14H2,1-5H3. The van der Waals surface area contributed by atoms with Crippen molar-refractivity contribution in [3.8, 4) is 17.2 Å². The van der Waals surface area contributed by atoms with Gasteiger partial charge < -0.3 is 19.1 Å². The summed E-state index contributed by atoms with van der Waals surface area (Å²) in [6.45, 7) is 2.99. The highest BCUT2D eigenvalue weighted by Gasteiger charge is 2.25. The highest BCUT2D eigenvalue weighted by atomic mass is 16.5. The molecule has 2 aromatic heterocycles. The van der Waals surface area contributed by atoms with Gasteiger partial charge >= 0.3 is 5.69 Å². The molecule has 3 heterocycles. The summed E-state index contributed by atoms with van der Waals surface area (Å²) in [6, 6.07) is 6.89. The number of hydrogen-bond donors (Lipinski definition) is 0. The first-order valence-electron chi connectivity index (χ1n) is 11.2. The maximum Gasteiger partial charge on any atom is 0.332 e. The van der Waals surface area contributed by atoms with E-state index < -0.39 is 11.2 Å². The smallest absolute Gasteiger partial charge is 0.332 e. The van der Waals surface area contributed by atoms with E-state index in [9.17, 15) is 14.4 Å². The van der Waals surface area contributed by atoms with Crippen molar-refractivity contribution >= 4 is 16.9 Å². The van der Waals surface area contributed by atoms with Gasteiger partial charge in [0.05, 0.1) is 26.7 Å². The Balaban J connectivity index is 1.49. The van der Waals surface area contributed by atoms with Crippen molar-refractivity contribution in [1.82, 2.24) is 23.9 Å². The van der Waals surface area contributed by atoms with Crippen LogP contribution < -0.4 is 25.5 Å². The third kappa shape index (κ3) is 4.34. The Morgan fingerprint density at radius 2 is 1.57 bits per heavy atom. The summed E-state index contributed by atoms with van der Waals surface area (Å²) in [7, 11) is 7.70. The van der Waals surface area contributed by atoms with Crippen LogP contribution in [0.1, 0.15) is 16.1 Å². The second-order valence-electron chi connectivity index (χ2n) is 8.34. The topological polar surface area (TPSA) is 108 Å². The minimum Gasteiger partial charge on any atom is -0.493 e. The summed E-state index contributed by atoms with van der Waals surface area (Å²) < 4.78 is 18.7. The molecular weight excluding hydrogens is 454 g/mol. The number of amides is 1. The molecule has 1 fully saturated rings. The van der Waals surface area contributed by atoms with Gasteiger partial charge in [0.1, 0.15) is 11.3 Å². The number of pyridine rings is 1. The van der Waals surface area contributed by atoms with E-state index in [2.05, 4.69) is 9.88 Å². The van der Waals surface area contributed by atoms with Crippen LogP contribution in [0.4, 0.5) is 0 Å². The molecule has 0 spiro atoms. The Morgan fingerprint density at radius 3 is 2.20 bits per heavy atom. The monoisotopic (exact) mass is 483 g/mol. The molecule has 1 aliphatic rings. The highest BCUT2D eigenvalue weighted by molar-refractivity contribution is 5.94. The minimum atomic E-state index is -0.487. The zero-order valence-electron chi connectivity index (χ0n) is 20.5. The molecule has 1 aromatic carbocycles. The molecule has 1 aliphatic heterocycles. The molecule has 1 saturated heterocycles. The molecule has 0 N–H and O–H groups in total. The molecule has 4 rings (SSSR count). The first kappa shape index (κ1) is 24.3. The number of carbonyl (C=O) groups excluding carboxylic acids is 1. The Labute approximate surface area is 202 Å². The van der Waals surface area contributed by atoms with Crippen LogP contribution in [0, 0.1) is 0 Å². The number of carbonyl (C=O) groups is 1. The number of aryl methyl sites for hydroxylation is 1. The molecule has 0 unspecified atom stereocenters. The maximum absolute atomic E-state index is 13.1. The molecule has 35 heavy (non-hydrogen) atoms. The fourth-order valence-electron chi connectivity index (χ4n) is 4.37. The van der Waals surface area contributed by atoms with E-state index in [1.807, 2.05) is 12.1 Å². The average molecular weight is 484 g/mol. The van der Waals surface area contributed by atoms with Gasteiger partial charge in [-0.05, 0) is 18.2 Å². The number of aromatic nitrogens is 3. The molecule has 0 saturated carbocycles. The molecule has 0 aliphatic carbocycles. The fourth-order valence-corrected chi connectivity index (χ4v) is 4.37. The van der Waals surface area contributed by atoms with Crippen LogP contribution >= 0.6 is 0 Å². The first-order chi connectivity index (χ1) is 16.8. The summed E-state index contributed by atoms with van der Waals surface area (Å²) in [5.41, 5.74) is 0.440. The largest absolute Gasteiger partial charge is 0.493 e. The third-order valence-electron chi connectivity index (χ3n) is 6.36. The van der Waals surface area contributed by atoms with Crippen molar-refractivity contribution in [1.29, 1.82) is 0 Å². The van der Waals surface area contributed by atoms with E-state index in [4.69, 9.17) is 14.2 Å². The van der Waals surface area contributed by atoms with Gasteiger partial charge in [-0.1, -0.05) is 6.07 Å². The predicted molar refractivity (Wildman–Crippen MR) is 130 cm³/mol. The summed E-state index contributed by atoms with van der Waals surface area (Å²) in [5.74, 6) is 1.54. The Hall–Kier alpha value is -3.86. The van der Waals surface area contributed by atoms with Gasteiger partial charge in [-0.3, -0.25) is 23.6 Å². The maximum atomic E-state index is 13.1. The van der Waals surface area contributed by atoms with Crippen LogP contribution in [-0.2, 0) is 20.6 Å². The van der Waals surface area contributed by atoms with Crippen molar-refractivity contribution in [2.24, 2.45) is 14.1 Å². The lowest BCUT2D eigenvalue weighted by atomic mass is 10.1. The first-order valence-corrected chi connectivity index (χ1v) is 11.2. The number of rotatable bonds is 6. The number of benzene rings is 1. The van der Waals surface area contributed by atoms with Gasteiger partial charge in [0.15, 0.2) is 11.5 Å². The number of methoxy groups -OCH3 is 3. The lowest BCUT2D eigenvalue weighted by Gasteiger charge is -2.35. The number of hydrogen-bond acceptors (Lipinski definition) is 8. The van der Waals surface area contributed by atoms with Crippen molar-refractivity contribution in [3.63, 3.8) is 0 Å². The van der Waals surface area contributed by atoms with Crippen LogP contribution in [0.15, 0.2) is 33.9 Å². The van der Waals surface area contributed by atoms with Crippen molar-refractivity contribution in [2.75, 3.05) is 47.5 Å². The molecule has 0 atom stereocenters. The Bertz CT molecular complexity index is 1390. The Morgan fingerprint density at radius 1 is 0.886 bits per heavy atom. The van der Waals surface area contributed by atoms with Crippen LogP contribution in [0.2, 0.25) is 0 Å². The molecule has 0 radical (unpaired) electrons. The van der Waals surface area contributed by atoms with Crippen LogP contribution in [0.25, 0.3) is 11.0 Å². The molecular formula is C24H29N5O6.